The number of anilines is 1. The van der Waals surface area contributed by atoms with Crippen LogP contribution in [0, 0.1) is 5.82 Å². The van der Waals surface area contributed by atoms with E-state index < -0.39 is 11.7 Å². The predicted molar refractivity (Wildman–Crippen MR) is 91.8 cm³/mol. The van der Waals surface area contributed by atoms with Gasteiger partial charge in [-0.2, -0.15) is 0 Å². The Bertz CT molecular complexity index is 1010. The highest BCUT2D eigenvalue weighted by atomic mass is 19.1. The summed E-state index contributed by atoms with van der Waals surface area (Å²) < 4.78 is 14.2. The third-order valence-electron chi connectivity index (χ3n) is 4.28. The summed E-state index contributed by atoms with van der Waals surface area (Å²) in [4.78, 5) is 31.9. The normalized spacial score (nSPS) is 16.2. The summed E-state index contributed by atoms with van der Waals surface area (Å²) in [6.07, 6.45) is 0.00335. The molecule has 2 N–H and O–H groups in total. The molecule has 2 aromatic carbocycles. The number of amides is 1. The van der Waals surface area contributed by atoms with E-state index in [1.165, 1.54) is 6.07 Å². The maximum Gasteiger partial charge on any atom is 0.257 e. The van der Waals surface area contributed by atoms with Crippen LogP contribution >= 0.6 is 0 Å². The Morgan fingerprint density at radius 1 is 1.00 bits per heavy atom. The number of carbonyl (C=O) groups excluding carboxylic acids is 1. The lowest BCUT2D eigenvalue weighted by Crippen LogP contribution is -2.31. The first-order valence-corrected chi connectivity index (χ1v) is 7.87. The second-order valence-corrected chi connectivity index (χ2v) is 5.87. The maximum absolute atomic E-state index is 14.2. The monoisotopic (exact) mass is 335 g/mol. The molecule has 0 saturated carbocycles. The van der Waals surface area contributed by atoms with Gasteiger partial charge in [-0.15, -0.1) is 0 Å². The molecule has 25 heavy (non-hydrogen) atoms. The summed E-state index contributed by atoms with van der Waals surface area (Å²) in [5, 5.41) is 2.64. The van der Waals surface area contributed by atoms with E-state index in [0.29, 0.717) is 11.4 Å². The second-order valence-electron chi connectivity index (χ2n) is 5.87. The van der Waals surface area contributed by atoms with Crippen LogP contribution in [0.4, 0.5) is 10.2 Å². The van der Waals surface area contributed by atoms with E-state index in [0.717, 1.165) is 5.56 Å². The second kappa shape index (κ2) is 5.98. The number of H-pyrrole nitrogens is 1. The van der Waals surface area contributed by atoms with Gasteiger partial charge >= 0.3 is 0 Å². The fraction of sp³-hybridized carbons (Fsp3) is 0.105. The number of halogens is 1. The Morgan fingerprint density at radius 2 is 1.72 bits per heavy atom. The first-order valence-electron chi connectivity index (χ1n) is 7.87. The van der Waals surface area contributed by atoms with E-state index in [-0.39, 0.29) is 29.3 Å². The third-order valence-corrected chi connectivity index (χ3v) is 4.28. The van der Waals surface area contributed by atoms with Crippen LogP contribution in [0.15, 0.2) is 59.4 Å². The van der Waals surface area contributed by atoms with Crippen LogP contribution < -0.4 is 10.9 Å². The van der Waals surface area contributed by atoms with Gasteiger partial charge in [-0.05, 0) is 11.6 Å². The van der Waals surface area contributed by atoms with Crippen LogP contribution in [-0.2, 0) is 4.79 Å². The molecule has 2 heterocycles. The summed E-state index contributed by atoms with van der Waals surface area (Å²) >= 11 is 0. The molecule has 124 valence electrons. The van der Waals surface area contributed by atoms with Crippen molar-refractivity contribution in [1.29, 1.82) is 0 Å². The molecule has 1 atom stereocenters. The molecule has 6 heteroatoms. The highest BCUT2D eigenvalue weighted by Gasteiger charge is 2.32. The van der Waals surface area contributed by atoms with Gasteiger partial charge in [0.15, 0.2) is 0 Å². The molecule has 5 nitrogen and oxygen atoms in total. The molecule has 3 aromatic rings. The molecule has 0 unspecified atom stereocenters. The predicted octanol–water partition coefficient (Wildman–Crippen LogP) is 3.05. The third kappa shape index (κ3) is 2.71. The number of rotatable bonds is 2. The Kier molecular flexibility index (Phi) is 3.65. The molecule has 0 bridgehead atoms. The zero-order valence-electron chi connectivity index (χ0n) is 13.1. The lowest BCUT2D eigenvalue weighted by Gasteiger charge is -2.24. The Labute approximate surface area is 142 Å². The standard InChI is InChI=1S/C19H14FN3O2/c20-14-9-5-4-8-12(14)13-10-15(24)21-18-16(13)19(25)23-17(22-18)11-6-2-1-3-7-11/h1-9,13H,10H2,(H2,21,22,23,24,25)/t13-/m0/s1. The quantitative estimate of drug-likeness (QED) is 0.756. The number of fused-ring (bicyclic) bond motifs is 1. The number of nitrogens with one attached hydrogen (secondary N) is 2. The van der Waals surface area contributed by atoms with Crippen molar-refractivity contribution in [2.24, 2.45) is 0 Å². The first-order chi connectivity index (χ1) is 12.1. The van der Waals surface area contributed by atoms with E-state index in [1.807, 2.05) is 30.3 Å². The van der Waals surface area contributed by atoms with E-state index >= 15 is 0 Å². The van der Waals surface area contributed by atoms with Gasteiger partial charge < -0.3 is 10.3 Å². The molecule has 0 aliphatic carbocycles. The van der Waals surface area contributed by atoms with Crippen LogP contribution in [0.3, 0.4) is 0 Å². The summed E-state index contributed by atoms with van der Waals surface area (Å²) in [6.45, 7) is 0. The molecule has 4 rings (SSSR count). The van der Waals surface area contributed by atoms with Crippen molar-refractivity contribution in [2.75, 3.05) is 5.32 Å². The molecule has 1 aliphatic rings. The number of hydrogen-bond donors (Lipinski definition) is 2. The van der Waals surface area contributed by atoms with Gasteiger partial charge in [0.1, 0.15) is 17.5 Å². The highest BCUT2D eigenvalue weighted by Crippen LogP contribution is 2.35. The van der Waals surface area contributed by atoms with Crippen molar-refractivity contribution in [3.63, 3.8) is 0 Å². The van der Waals surface area contributed by atoms with Gasteiger partial charge in [-0.3, -0.25) is 9.59 Å². The molecule has 1 aliphatic heterocycles. The van der Waals surface area contributed by atoms with Crippen molar-refractivity contribution in [2.45, 2.75) is 12.3 Å². The van der Waals surface area contributed by atoms with Gasteiger partial charge in [0, 0.05) is 17.9 Å². The first kappa shape index (κ1) is 15.3. The fourth-order valence-electron chi connectivity index (χ4n) is 3.13. The Hall–Kier alpha value is -3.28. The lowest BCUT2D eigenvalue weighted by molar-refractivity contribution is -0.116. The van der Waals surface area contributed by atoms with Gasteiger partial charge in [-0.25, -0.2) is 9.37 Å². The van der Waals surface area contributed by atoms with Crippen molar-refractivity contribution in [1.82, 2.24) is 9.97 Å². The van der Waals surface area contributed by atoms with Crippen LogP contribution in [0.25, 0.3) is 11.4 Å². The minimum absolute atomic E-state index is 0.00335. The van der Waals surface area contributed by atoms with Crippen molar-refractivity contribution >= 4 is 11.7 Å². The molecular formula is C19H14FN3O2. The minimum atomic E-state index is -0.661. The topological polar surface area (TPSA) is 74.8 Å². The van der Waals surface area contributed by atoms with Crippen molar-refractivity contribution in [3.05, 3.63) is 81.9 Å². The highest BCUT2D eigenvalue weighted by molar-refractivity contribution is 5.94. The zero-order chi connectivity index (χ0) is 17.4. The van der Waals surface area contributed by atoms with Gasteiger partial charge in [-0.1, -0.05) is 48.5 Å². The molecular weight excluding hydrogens is 321 g/mol. The molecule has 0 saturated heterocycles. The smallest absolute Gasteiger partial charge is 0.257 e. The van der Waals surface area contributed by atoms with Gasteiger partial charge in [0.05, 0.1) is 5.56 Å². The number of nitrogens with zero attached hydrogens (tertiary/aromatic N) is 1. The minimum Gasteiger partial charge on any atom is -0.310 e. The van der Waals surface area contributed by atoms with Gasteiger partial charge in [0.2, 0.25) is 5.91 Å². The molecule has 1 amide bonds. The molecule has 0 fully saturated rings. The van der Waals surface area contributed by atoms with Crippen LogP contribution in [0.1, 0.15) is 23.5 Å². The largest absolute Gasteiger partial charge is 0.310 e. The van der Waals surface area contributed by atoms with E-state index in [1.54, 1.807) is 18.2 Å². The summed E-state index contributed by atoms with van der Waals surface area (Å²) in [5.41, 5.74) is 0.949. The molecule has 1 aromatic heterocycles. The van der Waals surface area contributed by atoms with E-state index in [4.69, 9.17) is 0 Å². The number of hydrogen-bond acceptors (Lipinski definition) is 3. The van der Waals surface area contributed by atoms with E-state index in [9.17, 15) is 14.0 Å². The average Bonchev–Trinajstić information content (AvgIpc) is 2.62. The lowest BCUT2D eigenvalue weighted by atomic mass is 9.86. The van der Waals surface area contributed by atoms with Crippen LogP contribution in [-0.4, -0.2) is 15.9 Å². The van der Waals surface area contributed by atoms with Crippen LogP contribution in [0.2, 0.25) is 0 Å². The summed E-state index contributed by atoms with van der Waals surface area (Å²) in [5.74, 6) is -0.852. The van der Waals surface area contributed by atoms with E-state index in [2.05, 4.69) is 15.3 Å². The zero-order valence-corrected chi connectivity index (χ0v) is 13.1. The van der Waals surface area contributed by atoms with Crippen molar-refractivity contribution < 1.29 is 9.18 Å². The molecule has 0 spiro atoms. The maximum atomic E-state index is 14.2. The Balaban J connectivity index is 1.89. The SMILES string of the molecule is O=C1C[C@@H](c2ccccc2F)c2c(nc(-c3ccccc3)[nH]c2=O)N1. The fourth-order valence-corrected chi connectivity index (χ4v) is 3.13. The number of carbonyl (C=O) groups is 1. The van der Waals surface area contributed by atoms with Gasteiger partial charge in [0.25, 0.3) is 5.56 Å². The number of benzene rings is 2. The number of aromatic nitrogens is 2. The summed E-state index contributed by atoms with van der Waals surface area (Å²) in [6, 6.07) is 15.3. The average molecular weight is 335 g/mol. The molecule has 0 radical (unpaired) electrons. The van der Waals surface area contributed by atoms with Crippen molar-refractivity contribution in [3.8, 4) is 11.4 Å². The number of aromatic amines is 1. The summed E-state index contributed by atoms with van der Waals surface area (Å²) in [7, 11) is 0. The van der Waals surface area contributed by atoms with Crippen LogP contribution in [0.5, 0.6) is 0 Å². The Morgan fingerprint density at radius 3 is 2.48 bits per heavy atom.